The number of hydrogen-bond donors (Lipinski definition) is 1. The maximum atomic E-state index is 13.6. The topological polar surface area (TPSA) is 63.1 Å². The minimum absolute atomic E-state index is 0.0220. The Morgan fingerprint density at radius 2 is 1.95 bits per heavy atom. The first-order valence-corrected chi connectivity index (χ1v) is 6.42. The van der Waals surface area contributed by atoms with Crippen LogP contribution >= 0.6 is 11.8 Å². The van der Waals surface area contributed by atoms with Crippen molar-refractivity contribution in [3.05, 3.63) is 46.7 Å². The summed E-state index contributed by atoms with van der Waals surface area (Å²) in [5.41, 5.74) is 0.940. The van der Waals surface area contributed by atoms with Gasteiger partial charge >= 0.3 is 5.97 Å². The summed E-state index contributed by atoms with van der Waals surface area (Å²) in [5.74, 6) is -2.63. The molecule has 0 amide bonds. The third kappa shape index (κ3) is 2.77. The van der Waals surface area contributed by atoms with E-state index in [2.05, 4.69) is 10.2 Å². The van der Waals surface area contributed by atoms with Crippen molar-refractivity contribution in [1.29, 1.82) is 0 Å². The molecule has 0 spiro atoms. The summed E-state index contributed by atoms with van der Waals surface area (Å²) in [5, 5.41) is 16.9. The number of rotatable bonds is 3. The van der Waals surface area contributed by atoms with Crippen LogP contribution in [0.5, 0.6) is 0 Å². The van der Waals surface area contributed by atoms with Crippen molar-refractivity contribution in [2.24, 2.45) is 0 Å². The van der Waals surface area contributed by atoms with Gasteiger partial charge in [0, 0.05) is 11.0 Å². The summed E-state index contributed by atoms with van der Waals surface area (Å²) in [6, 6.07) is 3.06. The Balaban J connectivity index is 2.48. The molecule has 0 aliphatic rings. The number of aryl methyl sites for hydroxylation is 1. The lowest BCUT2D eigenvalue weighted by Gasteiger charge is -2.09. The highest BCUT2D eigenvalue weighted by molar-refractivity contribution is 7.99. The van der Waals surface area contributed by atoms with Gasteiger partial charge in [0.2, 0.25) is 0 Å². The number of carboxylic acid groups (broad SMARTS) is 1. The van der Waals surface area contributed by atoms with E-state index in [1.54, 1.807) is 13.8 Å². The van der Waals surface area contributed by atoms with Crippen LogP contribution in [0.25, 0.3) is 0 Å². The Bertz CT molecular complexity index is 692. The lowest BCUT2D eigenvalue weighted by molar-refractivity contribution is 0.0690. The normalized spacial score (nSPS) is 10.6. The minimum Gasteiger partial charge on any atom is -0.478 e. The van der Waals surface area contributed by atoms with Crippen molar-refractivity contribution in [3.63, 3.8) is 0 Å². The molecule has 1 aromatic carbocycles. The van der Waals surface area contributed by atoms with E-state index in [-0.39, 0.29) is 15.5 Å². The molecule has 0 saturated heterocycles. The predicted molar refractivity (Wildman–Crippen MR) is 68.9 cm³/mol. The Kier molecular flexibility index (Phi) is 3.99. The van der Waals surface area contributed by atoms with Crippen LogP contribution in [-0.4, -0.2) is 21.3 Å². The molecule has 0 saturated carbocycles. The molecule has 0 radical (unpaired) electrons. The summed E-state index contributed by atoms with van der Waals surface area (Å²) < 4.78 is 26.4. The van der Waals surface area contributed by atoms with E-state index in [0.717, 1.165) is 23.9 Å². The van der Waals surface area contributed by atoms with Crippen LogP contribution in [0.15, 0.2) is 28.1 Å². The molecule has 0 atom stereocenters. The zero-order valence-electron chi connectivity index (χ0n) is 10.6. The van der Waals surface area contributed by atoms with Gasteiger partial charge in [0.25, 0.3) is 0 Å². The number of benzene rings is 1. The van der Waals surface area contributed by atoms with E-state index in [1.165, 1.54) is 6.07 Å². The zero-order chi connectivity index (χ0) is 14.9. The minimum atomic E-state index is -1.16. The Labute approximate surface area is 117 Å². The van der Waals surface area contributed by atoms with Crippen LogP contribution in [0.1, 0.15) is 21.6 Å². The van der Waals surface area contributed by atoms with Gasteiger partial charge in [-0.15, -0.1) is 5.10 Å². The van der Waals surface area contributed by atoms with Crippen molar-refractivity contribution in [2.45, 2.75) is 23.8 Å². The van der Waals surface area contributed by atoms with Crippen LogP contribution in [0.4, 0.5) is 8.78 Å². The highest BCUT2D eigenvalue weighted by Crippen LogP contribution is 2.32. The molecule has 2 rings (SSSR count). The SMILES string of the molecule is Cc1nnc(Sc2ccc(F)cc2F)c(C(=O)O)c1C. The summed E-state index contributed by atoms with van der Waals surface area (Å²) in [4.78, 5) is 11.4. The lowest BCUT2D eigenvalue weighted by Crippen LogP contribution is -2.08. The second-order valence-corrected chi connectivity index (χ2v) is 5.10. The van der Waals surface area contributed by atoms with Crippen LogP contribution < -0.4 is 0 Å². The number of halogens is 2. The van der Waals surface area contributed by atoms with E-state index < -0.39 is 17.6 Å². The van der Waals surface area contributed by atoms with Gasteiger partial charge in [0.1, 0.15) is 16.7 Å². The van der Waals surface area contributed by atoms with E-state index >= 15 is 0 Å². The molecule has 0 aliphatic heterocycles. The first kappa shape index (κ1) is 14.4. The molecule has 0 bridgehead atoms. The van der Waals surface area contributed by atoms with Gasteiger partial charge in [-0.25, -0.2) is 13.6 Å². The average molecular weight is 296 g/mol. The molecule has 104 valence electrons. The molecule has 2 aromatic rings. The van der Waals surface area contributed by atoms with Gasteiger partial charge in [-0.3, -0.25) is 0 Å². The maximum absolute atomic E-state index is 13.6. The third-order valence-electron chi connectivity index (χ3n) is 2.74. The van der Waals surface area contributed by atoms with Gasteiger partial charge < -0.3 is 5.11 Å². The first-order valence-electron chi connectivity index (χ1n) is 5.60. The first-order chi connectivity index (χ1) is 9.40. The molecular formula is C13H10F2N2O2S. The monoisotopic (exact) mass is 296 g/mol. The number of hydrogen-bond acceptors (Lipinski definition) is 4. The third-order valence-corrected chi connectivity index (χ3v) is 3.77. The van der Waals surface area contributed by atoms with Crippen molar-refractivity contribution in [3.8, 4) is 0 Å². The number of carbonyl (C=O) groups is 1. The van der Waals surface area contributed by atoms with Gasteiger partial charge in [-0.2, -0.15) is 5.10 Å². The lowest BCUT2D eigenvalue weighted by atomic mass is 10.1. The van der Waals surface area contributed by atoms with E-state index in [1.807, 2.05) is 0 Å². The van der Waals surface area contributed by atoms with Crippen LogP contribution in [0, 0.1) is 25.5 Å². The molecule has 0 fully saturated rings. The number of aromatic nitrogens is 2. The maximum Gasteiger partial charge on any atom is 0.338 e. The van der Waals surface area contributed by atoms with E-state index in [9.17, 15) is 18.7 Å². The fourth-order valence-corrected chi connectivity index (χ4v) is 2.50. The van der Waals surface area contributed by atoms with Crippen LogP contribution in [-0.2, 0) is 0 Å². The van der Waals surface area contributed by atoms with Crippen molar-refractivity contribution < 1.29 is 18.7 Å². The number of carboxylic acids is 1. The quantitative estimate of drug-likeness (QED) is 0.942. The van der Waals surface area contributed by atoms with E-state index in [4.69, 9.17) is 0 Å². The van der Waals surface area contributed by atoms with Crippen molar-refractivity contribution in [1.82, 2.24) is 10.2 Å². The van der Waals surface area contributed by atoms with Gasteiger partial charge in [-0.05, 0) is 31.5 Å². The molecule has 7 heteroatoms. The van der Waals surface area contributed by atoms with Gasteiger partial charge in [0.15, 0.2) is 0 Å². The van der Waals surface area contributed by atoms with Crippen LogP contribution in [0.2, 0.25) is 0 Å². The highest BCUT2D eigenvalue weighted by Gasteiger charge is 2.19. The molecule has 20 heavy (non-hydrogen) atoms. The van der Waals surface area contributed by atoms with Crippen molar-refractivity contribution in [2.75, 3.05) is 0 Å². The number of aromatic carboxylic acids is 1. The largest absolute Gasteiger partial charge is 0.478 e. The Morgan fingerprint density at radius 1 is 1.25 bits per heavy atom. The second-order valence-electron chi connectivity index (χ2n) is 4.07. The molecule has 1 heterocycles. The van der Waals surface area contributed by atoms with Gasteiger partial charge in [0.05, 0.1) is 11.3 Å². The van der Waals surface area contributed by atoms with Gasteiger partial charge in [-0.1, -0.05) is 11.8 Å². The molecular weight excluding hydrogens is 286 g/mol. The average Bonchev–Trinajstić information content (AvgIpc) is 2.36. The Hall–Kier alpha value is -2.02. The highest BCUT2D eigenvalue weighted by atomic mass is 32.2. The fourth-order valence-electron chi connectivity index (χ4n) is 1.57. The summed E-state index contributed by atoms with van der Waals surface area (Å²) >= 11 is 0.805. The summed E-state index contributed by atoms with van der Waals surface area (Å²) in [6.07, 6.45) is 0. The molecule has 1 aromatic heterocycles. The smallest absolute Gasteiger partial charge is 0.338 e. The Morgan fingerprint density at radius 3 is 2.55 bits per heavy atom. The zero-order valence-corrected chi connectivity index (χ0v) is 11.5. The standard InChI is InChI=1S/C13H10F2N2O2S/c1-6-7(2)16-17-12(11(6)13(18)19)20-10-4-3-8(14)5-9(10)15/h3-5H,1-2H3,(H,18,19). The number of nitrogens with zero attached hydrogens (tertiary/aromatic N) is 2. The molecule has 0 aliphatic carbocycles. The molecule has 0 unspecified atom stereocenters. The second kappa shape index (κ2) is 5.54. The van der Waals surface area contributed by atoms with E-state index in [0.29, 0.717) is 11.3 Å². The molecule has 1 N–H and O–H groups in total. The predicted octanol–water partition coefficient (Wildman–Crippen LogP) is 3.22. The van der Waals surface area contributed by atoms with Crippen molar-refractivity contribution >= 4 is 17.7 Å². The summed E-state index contributed by atoms with van der Waals surface area (Å²) in [6.45, 7) is 3.25. The summed E-state index contributed by atoms with van der Waals surface area (Å²) in [7, 11) is 0. The fraction of sp³-hybridized carbons (Fsp3) is 0.154. The molecule has 4 nitrogen and oxygen atoms in total. The van der Waals surface area contributed by atoms with Crippen LogP contribution in [0.3, 0.4) is 0 Å².